The number of isocyanates is 1. The molecule has 1 aromatic rings. The van der Waals surface area contributed by atoms with Crippen molar-refractivity contribution >= 4 is 45.2 Å². The number of hydrogen-bond acceptors (Lipinski definition) is 7. The molecule has 0 aliphatic heterocycles. The van der Waals surface area contributed by atoms with Crippen molar-refractivity contribution in [3.05, 3.63) is 10.3 Å². The van der Waals surface area contributed by atoms with Gasteiger partial charge in [-0.25, -0.2) is 9.59 Å². The highest BCUT2D eigenvalue weighted by Crippen LogP contribution is 2.35. The molecule has 0 aliphatic carbocycles. The summed E-state index contributed by atoms with van der Waals surface area (Å²) >= 11 is 2.08. The molecule has 0 radical (unpaired) electrons. The SMILES string of the molecule is CCOC(=O)c1scc(SC)c1S(=O)(=O)N=C=O. The second-order valence-electron chi connectivity index (χ2n) is 2.84. The molecule has 0 amide bonds. The molecule has 0 aromatic carbocycles. The monoisotopic (exact) mass is 307 g/mol. The highest BCUT2D eigenvalue weighted by molar-refractivity contribution is 7.99. The van der Waals surface area contributed by atoms with E-state index in [1.165, 1.54) is 5.38 Å². The van der Waals surface area contributed by atoms with Gasteiger partial charge in [0.05, 0.1) is 6.61 Å². The van der Waals surface area contributed by atoms with E-state index in [-0.39, 0.29) is 16.4 Å². The molecule has 0 bridgehead atoms. The maximum atomic E-state index is 11.8. The van der Waals surface area contributed by atoms with E-state index in [0.29, 0.717) is 4.90 Å². The van der Waals surface area contributed by atoms with Gasteiger partial charge in [-0.05, 0) is 13.2 Å². The first-order valence-electron chi connectivity index (χ1n) is 4.64. The van der Waals surface area contributed by atoms with Crippen LogP contribution in [0, 0.1) is 0 Å². The Labute approximate surface area is 112 Å². The van der Waals surface area contributed by atoms with Crippen molar-refractivity contribution in [2.45, 2.75) is 16.7 Å². The van der Waals surface area contributed by atoms with E-state index in [1.54, 1.807) is 13.2 Å². The largest absolute Gasteiger partial charge is 0.462 e. The second-order valence-corrected chi connectivity index (χ2v) is 6.11. The molecule has 18 heavy (non-hydrogen) atoms. The van der Waals surface area contributed by atoms with Crippen molar-refractivity contribution in [1.82, 2.24) is 0 Å². The van der Waals surface area contributed by atoms with Crippen LogP contribution in [-0.4, -0.2) is 33.3 Å². The van der Waals surface area contributed by atoms with Gasteiger partial charge in [0.15, 0.2) is 0 Å². The quantitative estimate of drug-likeness (QED) is 0.356. The number of thiophene rings is 1. The lowest BCUT2D eigenvalue weighted by Gasteiger charge is -2.02. The number of rotatable bonds is 5. The maximum Gasteiger partial charge on any atom is 0.349 e. The average Bonchev–Trinajstić information content (AvgIpc) is 2.73. The minimum Gasteiger partial charge on any atom is -0.462 e. The smallest absolute Gasteiger partial charge is 0.349 e. The van der Waals surface area contributed by atoms with Crippen LogP contribution in [0.3, 0.4) is 0 Å². The zero-order valence-corrected chi connectivity index (χ0v) is 11.9. The molecular formula is C9H9NO5S3. The van der Waals surface area contributed by atoms with Crippen LogP contribution in [0.15, 0.2) is 19.6 Å². The van der Waals surface area contributed by atoms with Crippen molar-refractivity contribution in [2.75, 3.05) is 12.9 Å². The summed E-state index contributed by atoms with van der Waals surface area (Å²) in [5.41, 5.74) is 0. The molecule has 9 heteroatoms. The highest BCUT2D eigenvalue weighted by Gasteiger charge is 2.29. The standard InChI is InChI=1S/C9H9NO5S3/c1-3-15-9(12)7-8(6(16-2)4-17-7)18(13,14)10-5-11/h4H,3H2,1-2H3. The number of thioether (sulfide) groups is 1. The van der Waals surface area contributed by atoms with E-state index in [2.05, 4.69) is 4.40 Å². The molecule has 0 fully saturated rings. The predicted molar refractivity (Wildman–Crippen MR) is 67.4 cm³/mol. The van der Waals surface area contributed by atoms with Crippen LogP contribution in [0.2, 0.25) is 0 Å². The Morgan fingerprint density at radius 3 is 2.78 bits per heavy atom. The van der Waals surface area contributed by atoms with Gasteiger partial charge in [0.1, 0.15) is 9.77 Å². The van der Waals surface area contributed by atoms with Crippen LogP contribution in [0.4, 0.5) is 0 Å². The van der Waals surface area contributed by atoms with Gasteiger partial charge in [0.25, 0.3) is 16.1 Å². The van der Waals surface area contributed by atoms with Gasteiger partial charge in [0, 0.05) is 10.3 Å². The molecule has 98 valence electrons. The van der Waals surface area contributed by atoms with Crippen LogP contribution in [0.25, 0.3) is 0 Å². The Bertz CT molecular complexity index is 598. The maximum absolute atomic E-state index is 11.8. The van der Waals surface area contributed by atoms with Crippen molar-refractivity contribution in [1.29, 1.82) is 0 Å². The molecule has 1 rings (SSSR count). The Morgan fingerprint density at radius 2 is 2.28 bits per heavy atom. The third-order valence-corrected chi connectivity index (χ3v) is 5.19. The first kappa shape index (κ1) is 14.9. The first-order valence-corrected chi connectivity index (χ1v) is 8.19. The van der Waals surface area contributed by atoms with Crippen molar-refractivity contribution in [3.8, 4) is 0 Å². The Balaban J connectivity index is 3.45. The van der Waals surface area contributed by atoms with Crippen molar-refractivity contribution in [2.24, 2.45) is 4.40 Å². The lowest BCUT2D eigenvalue weighted by Crippen LogP contribution is -2.08. The summed E-state index contributed by atoms with van der Waals surface area (Å²) in [6.07, 6.45) is 2.63. The summed E-state index contributed by atoms with van der Waals surface area (Å²) in [6.45, 7) is 1.74. The van der Waals surface area contributed by atoms with Gasteiger partial charge < -0.3 is 4.74 Å². The Morgan fingerprint density at radius 1 is 1.61 bits per heavy atom. The van der Waals surface area contributed by atoms with E-state index in [4.69, 9.17) is 4.74 Å². The topological polar surface area (TPSA) is 89.9 Å². The summed E-state index contributed by atoms with van der Waals surface area (Å²) < 4.78 is 31.0. The van der Waals surface area contributed by atoms with Crippen LogP contribution in [0.1, 0.15) is 16.6 Å². The summed E-state index contributed by atoms with van der Waals surface area (Å²) in [7, 11) is -4.21. The number of esters is 1. The minimum atomic E-state index is -4.21. The van der Waals surface area contributed by atoms with E-state index in [1.807, 2.05) is 0 Å². The van der Waals surface area contributed by atoms with Crippen LogP contribution in [0.5, 0.6) is 0 Å². The Kier molecular flexibility index (Phi) is 5.09. The van der Waals surface area contributed by atoms with Crippen LogP contribution < -0.4 is 0 Å². The molecule has 1 aromatic heterocycles. The van der Waals surface area contributed by atoms with E-state index in [0.717, 1.165) is 29.2 Å². The van der Waals surface area contributed by atoms with Crippen molar-refractivity contribution in [3.63, 3.8) is 0 Å². The molecule has 0 saturated heterocycles. The fourth-order valence-electron chi connectivity index (χ4n) is 1.15. The van der Waals surface area contributed by atoms with Crippen LogP contribution in [-0.2, 0) is 19.6 Å². The van der Waals surface area contributed by atoms with E-state index in [9.17, 15) is 18.0 Å². The highest BCUT2D eigenvalue weighted by atomic mass is 32.2. The molecule has 0 atom stereocenters. The molecule has 6 nitrogen and oxygen atoms in total. The average molecular weight is 307 g/mol. The third kappa shape index (κ3) is 2.99. The summed E-state index contributed by atoms with van der Waals surface area (Å²) in [5, 5.41) is 1.50. The van der Waals surface area contributed by atoms with Gasteiger partial charge in [0.2, 0.25) is 0 Å². The molecule has 0 saturated carbocycles. The normalized spacial score (nSPS) is 10.8. The molecule has 0 unspecified atom stereocenters. The van der Waals surface area contributed by atoms with E-state index >= 15 is 0 Å². The lowest BCUT2D eigenvalue weighted by atomic mass is 10.5. The molecule has 0 N–H and O–H groups in total. The van der Waals surface area contributed by atoms with Gasteiger partial charge in [-0.15, -0.1) is 23.1 Å². The van der Waals surface area contributed by atoms with Crippen LogP contribution >= 0.6 is 23.1 Å². The Hall–Kier alpha value is -1.15. The number of carbonyl (C=O) groups is 1. The molecular weight excluding hydrogens is 298 g/mol. The number of carbonyl (C=O) groups excluding carboxylic acids is 2. The number of hydrogen-bond donors (Lipinski definition) is 0. The minimum absolute atomic E-state index is 0.0831. The zero-order valence-electron chi connectivity index (χ0n) is 9.50. The first-order chi connectivity index (χ1) is 8.47. The van der Waals surface area contributed by atoms with E-state index < -0.39 is 16.0 Å². The third-order valence-electron chi connectivity index (χ3n) is 1.81. The summed E-state index contributed by atoms with van der Waals surface area (Å²) in [4.78, 5) is 21.7. The molecule has 1 heterocycles. The fraction of sp³-hybridized carbons (Fsp3) is 0.333. The van der Waals surface area contributed by atoms with Gasteiger partial charge in [-0.3, -0.25) is 0 Å². The number of nitrogens with zero attached hydrogens (tertiary/aromatic N) is 1. The molecule has 0 aliphatic rings. The lowest BCUT2D eigenvalue weighted by molar-refractivity contribution is 0.0527. The molecule has 0 spiro atoms. The van der Waals surface area contributed by atoms with Gasteiger partial charge in [-0.1, -0.05) is 4.40 Å². The van der Waals surface area contributed by atoms with Crippen molar-refractivity contribution < 1.29 is 22.7 Å². The summed E-state index contributed by atoms with van der Waals surface area (Å²) in [5.74, 6) is -0.748. The fourth-order valence-corrected chi connectivity index (χ4v) is 4.67. The predicted octanol–water partition coefficient (Wildman–Crippen LogP) is 1.67. The van der Waals surface area contributed by atoms with Gasteiger partial charge in [-0.2, -0.15) is 8.42 Å². The number of ether oxygens (including phenoxy) is 1. The number of sulfonamides is 1. The zero-order chi connectivity index (χ0) is 13.8. The second kappa shape index (κ2) is 6.14. The van der Waals surface area contributed by atoms with Gasteiger partial charge >= 0.3 is 5.97 Å². The summed E-state index contributed by atoms with van der Waals surface area (Å²) in [6, 6.07) is 0.